The van der Waals surface area contributed by atoms with E-state index in [4.69, 9.17) is 9.63 Å². The first-order valence-electron chi connectivity index (χ1n) is 6.81. The zero-order valence-electron chi connectivity index (χ0n) is 11.4. The molecule has 0 amide bonds. The van der Waals surface area contributed by atoms with Crippen LogP contribution in [0.3, 0.4) is 0 Å². The molecule has 1 aromatic carbocycles. The summed E-state index contributed by atoms with van der Waals surface area (Å²) in [6.45, 7) is 1.82. The molecule has 5 nitrogen and oxygen atoms in total. The number of rotatable bonds is 4. The van der Waals surface area contributed by atoms with Crippen LogP contribution in [-0.2, 0) is 17.8 Å². The molecular weight excluding hydrogens is 275 g/mol. The van der Waals surface area contributed by atoms with Gasteiger partial charge < -0.3 is 9.63 Å². The normalized spacial score (nSPS) is 14.9. The first-order valence-corrected chi connectivity index (χ1v) is 6.81. The van der Waals surface area contributed by atoms with Crippen molar-refractivity contribution >= 4 is 5.97 Å². The van der Waals surface area contributed by atoms with Crippen LogP contribution in [0, 0.1) is 5.82 Å². The highest BCUT2D eigenvalue weighted by molar-refractivity contribution is 5.67. The number of halogens is 1. The maximum absolute atomic E-state index is 13.3. The minimum Gasteiger partial charge on any atom is -0.481 e. The number of hydrogen-bond acceptors (Lipinski definition) is 4. The van der Waals surface area contributed by atoms with Crippen molar-refractivity contribution in [1.29, 1.82) is 0 Å². The van der Waals surface area contributed by atoms with Gasteiger partial charge in [0.1, 0.15) is 17.3 Å². The number of carboxylic acids is 1. The number of fused-ring (bicyclic) bond motifs is 1. The Morgan fingerprint density at radius 2 is 2.33 bits per heavy atom. The Kier molecular flexibility index (Phi) is 3.70. The van der Waals surface area contributed by atoms with Gasteiger partial charge in [-0.3, -0.25) is 9.69 Å². The van der Waals surface area contributed by atoms with Crippen LogP contribution in [0.4, 0.5) is 4.39 Å². The van der Waals surface area contributed by atoms with E-state index in [-0.39, 0.29) is 12.2 Å². The summed E-state index contributed by atoms with van der Waals surface area (Å²) < 4.78 is 18.7. The van der Waals surface area contributed by atoms with Crippen LogP contribution in [0.15, 0.2) is 28.8 Å². The molecule has 1 aliphatic heterocycles. The van der Waals surface area contributed by atoms with Gasteiger partial charge in [0.25, 0.3) is 0 Å². The summed E-state index contributed by atoms with van der Waals surface area (Å²) in [6, 6.07) is 6.23. The first kappa shape index (κ1) is 13.8. The highest BCUT2D eigenvalue weighted by Crippen LogP contribution is 2.30. The van der Waals surface area contributed by atoms with Crippen LogP contribution in [0.5, 0.6) is 0 Å². The second-order valence-corrected chi connectivity index (χ2v) is 5.11. The van der Waals surface area contributed by atoms with Crippen LogP contribution in [-0.4, -0.2) is 34.2 Å². The minimum atomic E-state index is -0.809. The van der Waals surface area contributed by atoms with Gasteiger partial charge in [0, 0.05) is 37.2 Å². The summed E-state index contributed by atoms with van der Waals surface area (Å²) in [5, 5.41) is 12.8. The molecule has 0 bridgehead atoms. The number of aromatic nitrogens is 1. The van der Waals surface area contributed by atoms with Gasteiger partial charge in [-0.1, -0.05) is 17.3 Å². The van der Waals surface area contributed by atoms with E-state index in [0.717, 1.165) is 17.9 Å². The van der Waals surface area contributed by atoms with Crippen molar-refractivity contribution in [3.8, 4) is 11.3 Å². The lowest BCUT2D eigenvalue weighted by atomic mass is 10.0. The van der Waals surface area contributed by atoms with E-state index in [1.165, 1.54) is 12.1 Å². The van der Waals surface area contributed by atoms with Crippen molar-refractivity contribution in [2.24, 2.45) is 0 Å². The number of hydrogen-bond donors (Lipinski definition) is 1. The summed E-state index contributed by atoms with van der Waals surface area (Å²) in [7, 11) is 0. The van der Waals surface area contributed by atoms with Gasteiger partial charge in [-0.2, -0.15) is 0 Å². The van der Waals surface area contributed by atoms with E-state index in [1.807, 2.05) is 0 Å². The molecule has 0 fully saturated rings. The Hall–Kier alpha value is -2.21. The molecule has 0 spiro atoms. The molecule has 3 rings (SSSR count). The molecule has 0 aliphatic carbocycles. The van der Waals surface area contributed by atoms with Gasteiger partial charge in [0.05, 0.1) is 6.42 Å². The maximum Gasteiger partial charge on any atom is 0.304 e. The summed E-state index contributed by atoms with van der Waals surface area (Å²) in [5.41, 5.74) is 2.25. The van der Waals surface area contributed by atoms with E-state index >= 15 is 0 Å². The molecule has 0 atom stereocenters. The van der Waals surface area contributed by atoms with Crippen molar-refractivity contribution in [3.63, 3.8) is 0 Å². The van der Waals surface area contributed by atoms with Crippen LogP contribution < -0.4 is 0 Å². The van der Waals surface area contributed by atoms with Crippen molar-refractivity contribution in [1.82, 2.24) is 10.1 Å². The maximum atomic E-state index is 13.3. The quantitative estimate of drug-likeness (QED) is 0.936. The molecule has 0 radical (unpaired) electrons. The first-order chi connectivity index (χ1) is 10.1. The number of benzene rings is 1. The molecule has 1 aliphatic rings. The molecule has 1 N–H and O–H groups in total. The second kappa shape index (κ2) is 5.65. The van der Waals surface area contributed by atoms with E-state index in [0.29, 0.717) is 30.8 Å². The van der Waals surface area contributed by atoms with Crippen molar-refractivity contribution in [2.75, 3.05) is 13.1 Å². The van der Waals surface area contributed by atoms with Gasteiger partial charge in [0.15, 0.2) is 0 Å². The third-order valence-corrected chi connectivity index (χ3v) is 3.65. The summed E-state index contributed by atoms with van der Waals surface area (Å²) in [6.07, 6.45) is 0.799. The lowest BCUT2D eigenvalue weighted by molar-refractivity contribution is -0.137. The Morgan fingerprint density at radius 1 is 1.48 bits per heavy atom. The zero-order chi connectivity index (χ0) is 14.8. The van der Waals surface area contributed by atoms with Crippen LogP contribution in [0.1, 0.15) is 17.7 Å². The smallest absolute Gasteiger partial charge is 0.304 e. The Morgan fingerprint density at radius 3 is 3.10 bits per heavy atom. The van der Waals surface area contributed by atoms with Gasteiger partial charge in [-0.15, -0.1) is 0 Å². The highest BCUT2D eigenvalue weighted by Gasteiger charge is 2.25. The molecule has 0 saturated carbocycles. The van der Waals surface area contributed by atoms with Crippen molar-refractivity contribution in [3.05, 3.63) is 41.4 Å². The van der Waals surface area contributed by atoms with Crippen LogP contribution in [0.2, 0.25) is 0 Å². The average Bonchev–Trinajstić information content (AvgIpc) is 2.88. The third-order valence-electron chi connectivity index (χ3n) is 3.65. The molecule has 0 saturated heterocycles. The van der Waals surface area contributed by atoms with E-state index in [2.05, 4.69) is 10.1 Å². The highest BCUT2D eigenvalue weighted by atomic mass is 19.1. The molecule has 6 heteroatoms. The fraction of sp³-hybridized carbons (Fsp3) is 0.333. The predicted octanol–water partition coefficient (Wildman–Crippen LogP) is 2.31. The zero-order valence-corrected chi connectivity index (χ0v) is 11.4. The van der Waals surface area contributed by atoms with E-state index < -0.39 is 5.97 Å². The largest absolute Gasteiger partial charge is 0.481 e. The lowest BCUT2D eigenvalue weighted by Gasteiger charge is -2.25. The van der Waals surface area contributed by atoms with E-state index in [9.17, 15) is 9.18 Å². The Labute approximate surface area is 121 Å². The van der Waals surface area contributed by atoms with Crippen molar-refractivity contribution < 1.29 is 18.8 Å². The van der Waals surface area contributed by atoms with Gasteiger partial charge in [-0.05, 0) is 12.1 Å². The number of nitrogens with zero attached hydrogens (tertiary/aromatic N) is 2. The summed E-state index contributed by atoms with van der Waals surface area (Å²) in [5.74, 6) is -0.319. The molecule has 2 heterocycles. The summed E-state index contributed by atoms with van der Waals surface area (Å²) in [4.78, 5) is 12.7. The van der Waals surface area contributed by atoms with Crippen LogP contribution in [0.25, 0.3) is 11.3 Å². The molecular formula is C15H15FN2O3. The Bertz CT molecular complexity index is 669. The van der Waals surface area contributed by atoms with Gasteiger partial charge in [-0.25, -0.2) is 4.39 Å². The third kappa shape index (κ3) is 2.95. The van der Waals surface area contributed by atoms with Crippen molar-refractivity contribution in [2.45, 2.75) is 19.4 Å². The average molecular weight is 290 g/mol. The topological polar surface area (TPSA) is 66.6 Å². The fourth-order valence-electron chi connectivity index (χ4n) is 2.57. The molecule has 21 heavy (non-hydrogen) atoms. The monoisotopic (exact) mass is 290 g/mol. The SMILES string of the molecule is O=C(O)CCN1CCc2onc(-c3cccc(F)c3)c2C1. The van der Waals surface area contributed by atoms with E-state index in [1.54, 1.807) is 12.1 Å². The lowest BCUT2D eigenvalue weighted by Crippen LogP contribution is -2.32. The number of carboxylic acid groups (broad SMARTS) is 1. The molecule has 0 unspecified atom stereocenters. The standard InChI is InChI=1S/C15H15FN2O3/c16-11-3-1-2-10(8-11)15-12-9-18(7-5-14(19)20)6-4-13(12)21-17-15/h1-3,8H,4-7,9H2,(H,19,20). The molecule has 1 aromatic heterocycles. The minimum absolute atomic E-state index is 0.107. The fourth-order valence-corrected chi connectivity index (χ4v) is 2.57. The Balaban J connectivity index is 1.84. The number of aliphatic carboxylic acids is 1. The molecule has 110 valence electrons. The summed E-state index contributed by atoms with van der Waals surface area (Å²) >= 11 is 0. The van der Waals surface area contributed by atoms with Gasteiger partial charge >= 0.3 is 5.97 Å². The van der Waals surface area contributed by atoms with Crippen LogP contribution >= 0.6 is 0 Å². The van der Waals surface area contributed by atoms with Gasteiger partial charge in [0.2, 0.25) is 0 Å². The molecule has 2 aromatic rings. The predicted molar refractivity (Wildman–Crippen MR) is 73.1 cm³/mol. The second-order valence-electron chi connectivity index (χ2n) is 5.11. The number of carbonyl (C=O) groups is 1.